The Bertz CT molecular complexity index is 559. The molecule has 1 aliphatic heterocycles. The van der Waals surface area contributed by atoms with Crippen LogP contribution in [0.3, 0.4) is 0 Å². The predicted octanol–water partition coefficient (Wildman–Crippen LogP) is -1.22. The van der Waals surface area contributed by atoms with Crippen molar-refractivity contribution >= 4 is 21.8 Å². The normalized spacial score (nSPS) is 18.8. The Morgan fingerprint density at radius 1 is 1.56 bits per heavy atom. The smallest absolute Gasteiger partial charge is 0.328 e. The van der Waals surface area contributed by atoms with Crippen LogP contribution in [0.25, 0.3) is 0 Å². The first-order valence-electron chi connectivity index (χ1n) is 5.55. The highest BCUT2D eigenvalue weighted by Crippen LogP contribution is 1.99. The first kappa shape index (κ1) is 13.0. The molecule has 1 amide bonds. The maximum Gasteiger partial charge on any atom is 0.328 e. The third-order valence-electron chi connectivity index (χ3n) is 2.71. The quantitative estimate of drug-likeness (QED) is 0.651. The molecule has 0 spiro atoms. The van der Waals surface area contributed by atoms with E-state index in [0.717, 1.165) is 24.1 Å². The van der Waals surface area contributed by atoms with E-state index in [0.29, 0.717) is 0 Å². The van der Waals surface area contributed by atoms with E-state index in [1.807, 2.05) is 0 Å². The van der Waals surface area contributed by atoms with Gasteiger partial charge in [-0.3, -0.25) is 19.1 Å². The van der Waals surface area contributed by atoms with E-state index in [1.54, 1.807) is 0 Å². The molecule has 3 N–H and O–H groups in total. The average Bonchev–Trinajstić information content (AvgIpc) is 2.78. The Balaban J connectivity index is 2.04. The molecule has 1 atom stereocenters. The molecule has 8 heteroatoms. The van der Waals surface area contributed by atoms with E-state index in [-0.39, 0.29) is 23.0 Å². The van der Waals surface area contributed by atoms with Gasteiger partial charge in [0.1, 0.15) is 6.54 Å². The lowest BCUT2D eigenvalue weighted by Crippen LogP contribution is -2.41. The molecular formula is C10H13BrN4O3. The minimum absolute atomic E-state index is 0.106. The van der Waals surface area contributed by atoms with Gasteiger partial charge in [0.2, 0.25) is 5.91 Å². The van der Waals surface area contributed by atoms with E-state index in [1.165, 1.54) is 6.20 Å². The van der Waals surface area contributed by atoms with E-state index >= 15 is 0 Å². The summed E-state index contributed by atoms with van der Waals surface area (Å²) in [6.45, 7) is 1.52. The third-order valence-corrected chi connectivity index (χ3v) is 3.27. The summed E-state index contributed by atoms with van der Waals surface area (Å²) in [5, 5.41) is 5.95. The molecule has 0 bridgehead atoms. The fraction of sp³-hybridized carbons (Fsp3) is 0.500. The van der Waals surface area contributed by atoms with Crippen molar-refractivity contribution in [1.82, 2.24) is 20.2 Å². The van der Waals surface area contributed by atoms with Gasteiger partial charge in [0.15, 0.2) is 0 Å². The summed E-state index contributed by atoms with van der Waals surface area (Å²) in [4.78, 5) is 36.4. The zero-order valence-electron chi connectivity index (χ0n) is 9.53. The Morgan fingerprint density at radius 3 is 3.00 bits per heavy atom. The number of carbonyl (C=O) groups is 1. The Kier molecular flexibility index (Phi) is 3.97. The minimum Gasteiger partial charge on any atom is -0.350 e. The second-order valence-corrected chi connectivity index (χ2v) is 4.98. The van der Waals surface area contributed by atoms with Gasteiger partial charge in [0.25, 0.3) is 5.56 Å². The molecule has 1 unspecified atom stereocenters. The molecule has 18 heavy (non-hydrogen) atoms. The van der Waals surface area contributed by atoms with Gasteiger partial charge < -0.3 is 10.6 Å². The predicted molar refractivity (Wildman–Crippen MR) is 68.4 cm³/mol. The molecule has 2 heterocycles. The molecule has 1 fully saturated rings. The van der Waals surface area contributed by atoms with Crippen LogP contribution < -0.4 is 21.9 Å². The molecule has 0 aliphatic carbocycles. The number of nitrogens with one attached hydrogen (secondary N) is 3. The summed E-state index contributed by atoms with van der Waals surface area (Å²) in [6, 6.07) is 0.111. The summed E-state index contributed by atoms with van der Waals surface area (Å²) < 4.78 is 1.38. The number of amides is 1. The molecular weight excluding hydrogens is 304 g/mol. The molecule has 2 rings (SSSR count). The Morgan fingerprint density at radius 2 is 2.33 bits per heavy atom. The van der Waals surface area contributed by atoms with Crippen LogP contribution in [0.1, 0.15) is 6.42 Å². The Hall–Kier alpha value is -1.41. The molecule has 0 radical (unpaired) electrons. The van der Waals surface area contributed by atoms with Gasteiger partial charge in [-0.2, -0.15) is 0 Å². The number of hydrogen-bond donors (Lipinski definition) is 3. The molecule has 1 aliphatic rings. The monoisotopic (exact) mass is 316 g/mol. The molecule has 1 saturated heterocycles. The SMILES string of the molecule is O=C(Cn1cc(Br)c(=O)[nH]c1=O)NC1CCNC1. The van der Waals surface area contributed by atoms with Crippen molar-refractivity contribution in [2.24, 2.45) is 0 Å². The van der Waals surface area contributed by atoms with Gasteiger partial charge in [-0.1, -0.05) is 0 Å². The van der Waals surface area contributed by atoms with Crippen molar-refractivity contribution in [2.45, 2.75) is 19.0 Å². The van der Waals surface area contributed by atoms with Gasteiger partial charge in [0.05, 0.1) is 4.47 Å². The molecule has 0 aromatic carbocycles. The highest BCUT2D eigenvalue weighted by atomic mass is 79.9. The minimum atomic E-state index is -0.595. The van der Waals surface area contributed by atoms with Gasteiger partial charge in [-0.25, -0.2) is 4.79 Å². The number of H-pyrrole nitrogens is 1. The summed E-state index contributed by atoms with van der Waals surface area (Å²) in [5.41, 5.74) is -1.10. The van der Waals surface area contributed by atoms with Crippen molar-refractivity contribution in [2.75, 3.05) is 13.1 Å². The number of aromatic amines is 1. The van der Waals surface area contributed by atoms with Crippen LogP contribution in [-0.4, -0.2) is 34.6 Å². The molecule has 1 aromatic rings. The summed E-state index contributed by atoms with van der Waals surface area (Å²) in [7, 11) is 0. The van der Waals surface area contributed by atoms with Gasteiger partial charge in [-0.05, 0) is 28.9 Å². The highest BCUT2D eigenvalue weighted by Gasteiger charge is 2.17. The number of nitrogens with zero attached hydrogens (tertiary/aromatic N) is 1. The highest BCUT2D eigenvalue weighted by molar-refractivity contribution is 9.10. The first-order valence-corrected chi connectivity index (χ1v) is 6.35. The van der Waals surface area contributed by atoms with Crippen molar-refractivity contribution < 1.29 is 4.79 Å². The van der Waals surface area contributed by atoms with E-state index in [4.69, 9.17) is 0 Å². The van der Waals surface area contributed by atoms with Crippen molar-refractivity contribution in [3.8, 4) is 0 Å². The van der Waals surface area contributed by atoms with Crippen LogP contribution in [0.5, 0.6) is 0 Å². The first-order chi connectivity index (χ1) is 8.56. The number of halogens is 1. The average molecular weight is 317 g/mol. The van der Waals surface area contributed by atoms with Crippen LogP contribution in [0, 0.1) is 0 Å². The van der Waals surface area contributed by atoms with Gasteiger partial charge >= 0.3 is 5.69 Å². The fourth-order valence-corrected chi connectivity index (χ4v) is 2.15. The van der Waals surface area contributed by atoms with Gasteiger partial charge in [0, 0.05) is 18.8 Å². The standard InChI is InChI=1S/C10H13BrN4O3/c11-7-4-15(10(18)14-9(7)17)5-8(16)13-6-1-2-12-3-6/h4,6,12H,1-3,5H2,(H,13,16)(H,14,17,18). The molecule has 1 aromatic heterocycles. The zero-order chi connectivity index (χ0) is 13.1. The van der Waals surface area contributed by atoms with Crippen molar-refractivity contribution in [1.29, 1.82) is 0 Å². The largest absolute Gasteiger partial charge is 0.350 e. The lowest BCUT2D eigenvalue weighted by atomic mass is 10.2. The lowest BCUT2D eigenvalue weighted by Gasteiger charge is -2.12. The second kappa shape index (κ2) is 5.49. The number of hydrogen-bond acceptors (Lipinski definition) is 4. The van der Waals surface area contributed by atoms with E-state index in [9.17, 15) is 14.4 Å². The van der Waals surface area contributed by atoms with Crippen LogP contribution in [0.4, 0.5) is 0 Å². The van der Waals surface area contributed by atoms with Crippen LogP contribution >= 0.6 is 15.9 Å². The summed E-state index contributed by atoms with van der Waals surface area (Å²) in [5.74, 6) is -0.246. The van der Waals surface area contributed by atoms with Crippen LogP contribution in [0.2, 0.25) is 0 Å². The molecule has 0 saturated carbocycles. The summed E-state index contributed by atoms with van der Waals surface area (Å²) in [6.07, 6.45) is 2.20. The van der Waals surface area contributed by atoms with Crippen LogP contribution in [0.15, 0.2) is 20.3 Å². The lowest BCUT2D eigenvalue weighted by molar-refractivity contribution is -0.122. The molecule has 7 nitrogen and oxygen atoms in total. The summed E-state index contributed by atoms with van der Waals surface area (Å²) >= 11 is 3.01. The topological polar surface area (TPSA) is 96.0 Å². The fourth-order valence-electron chi connectivity index (χ4n) is 1.81. The van der Waals surface area contributed by atoms with Crippen molar-refractivity contribution in [3.63, 3.8) is 0 Å². The number of aromatic nitrogens is 2. The number of rotatable bonds is 3. The maximum absolute atomic E-state index is 11.7. The third kappa shape index (κ3) is 3.08. The number of carbonyl (C=O) groups excluding carboxylic acids is 1. The second-order valence-electron chi connectivity index (χ2n) is 4.12. The van der Waals surface area contributed by atoms with Crippen LogP contribution in [-0.2, 0) is 11.3 Å². The van der Waals surface area contributed by atoms with E-state index in [2.05, 4.69) is 31.5 Å². The maximum atomic E-state index is 11.7. The van der Waals surface area contributed by atoms with Crippen molar-refractivity contribution in [3.05, 3.63) is 31.5 Å². The molecule has 98 valence electrons. The zero-order valence-corrected chi connectivity index (χ0v) is 11.1. The van der Waals surface area contributed by atoms with E-state index < -0.39 is 11.2 Å². The Labute approximate surface area is 111 Å². The van der Waals surface area contributed by atoms with Gasteiger partial charge in [-0.15, -0.1) is 0 Å².